The van der Waals surface area contributed by atoms with E-state index >= 15 is 0 Å². The molecule has 0 N–H and O–H groups in total. The molecule has 4 atom stereocenters. The van der Waals surface area contributed by atoms with Crippen LogP contribution in [0.3, 0.4) is 0 Å². The number of nitrogens with zero attached hydrogens (tertiary/aromatic N) is 1. The van der Waals surface area contributed by atoms with E-state index in [1.165, 1.54) is 52.6 Å². The monoisotopic (exact) mass is 659 g/mol. The molecular formula is C50H45N. The van der Waals surface area contributed by atoms with Gasteiger partial charge in [-0.2, -0.15) is 0 Å². The highest BCUT2D eigenvalue weighted by Gasteiger charge is 2.70. The standard InChI is InChI=1S/C50H45N/c1-3-7-35(8-4-1)38-13-21-42(22-14-38)51(43-23-15-39(16-24-43)36-9-5-2-6-10-36)44-25-17-40(18-26-44)37-11-19-41(20-12-37)50-32-34-28-46-45-27-33(30-48(46)50)31-49(50)47(45)29-34/h1-26,33-34,45-49H,27-32H2. The summed E-state index contributed by atoms with van der Waals surface area (Å²) >= 11 is 0. The quantitative estimate of drug-likeness (QED) is 0.165. The van der Waals surface area contributed by atoms with Gasteiger partial charge in [0, 0.05) is 22.5 Å². The van der Waals surface area contributed by atoms with Crippen molar-refractivity contribution in [3.8, 4) is 33.4 Å². The van der Waals surface area contributed by atoms with Gasteiger partial charge in [-0.15, -0.1) is 0 Å². The van der Waals surface area contributed by atoms with E-state index in [1.54, 1.807) is 24.8 Å². The third kappa shape index (κ3) is 4.66. The fourth-order valence-corrected chi connectivity index (χ4v) is 12.6. The molecule has 0 aliphatic heterocycles. The van der Waals surface area contributed by atoms with Crippen LogP contribution in [-0.2, 0) is 5.41 Å². The first-order chi connectivity index (χ1) is 25.2. The Morgan fingerprint density at radius 3 is 1.16 bits per heavy atom. The molecule has 0 spiro atoms. The predicted octanol–water partition coefficient (Wildman–Crippen LogP) is 13.1. The zero-order valence-electron chi connectivity index (χ0n) is 29.2. The van der Waals surface area contributed by atoms with Crippen molar-refractivity contribution in [3.05, 3.63) is 163 Å². The Bertz CT molecular complexity index is 2060. The summed E-state index contributed by atoms with van der Waals surface area (Å²) in [5.41, 5.74) is 13.2. The van der Waals surface area contributed by atoms with Gasteiger partial charge < -0.3 is 4.90 Å². The lowest BCUT2D eigenvalue weighted by Gasteiger charge is -2.74. The second kappa shape index (κ2) is 11.6. The maximum Gasteiger partial charge on any atom is 0.0462 e. The molecule has 7 aliphatic rings. The number of rotatable bonds is 7. The minimum atomic E-state index is 0.471. The normalized spacial score (nSPS) is 29.4. The van der Waals surface area contributed by atoms with Crippen LogP contribution in [0.1, 0.15) is 44.1 Å². The minimum absolute atomic E-state index is 0.471. The second-order valence-electron chi connectivity index (χ2n) is 16.6. The average Bonchev–Trinajstić information content (AvgIpc) is 3.21. The van der Waals surface area contributed by atoms with E-state index in [1.807, 2.05) is 0 Å². The SMILES string of the molecule is c1ccc(-c2ccc(N(c3ccc(-c4ccccc4)cc3)c3ccc(-c4ccc(C56CC7CC8C9CC(CC85)CC6C9C7)cc4)cc3)cc2)cc1. The van der Waals surface area contributed by atoms with E-state index in [4.69, 9.17) is 0 Å². The van der Waals surface area contributed by atoms with Gasteiger partial charge in [-0.3, -0.25) is 0 Å². The molecular weight excluding hydrogens is 615 g/mol. The molecule has 51 heavy (non-hydrogen) atoms. The third-order valence-electron chi connectivity index (χ3n) is 14.4. The molecule has 7 fully saturated rings. The number of anilines is 3. The van der Waals surface area contributed by atoms with E-state index in [0.717, 1.165) is 58.5 Å². The summed E-state index contributed by atoms with van der Waals surface area (Å²) in [6.45, 7) is 0. The maximum atomic E-state index is 2.56. The lowest BCUT2D eigenvalue weighted by molar-refractivity contribution is -0.220. The van der Waals surface area contributed by atoms with E-state index in [9.17, 15) is 0 Å². The molecule has 0 heterocycles. The van der Waals surface area contributed by atoms with Gasteiger partial charge in [0.25, 0.3) is 0 Å². The van der Waals surface area contributed by atoms with Gasteiger partial charge in [-0.05, 0) is 155 Å². The van der Waals surface area contributed by atoms with Crippen LogP contribution in [-0.4, -0.2) is 0 Å². The molecule has 1 nitrogen and oxygen atoms in total. The van der Waals surface area contributed by atoms with Crippen LogP contribution in [0.4, 0.5) is 17.1 Å². The van der Waals surface area contributed by atoms with Crippen molar-refractivity contribution in [2.45, 2.75) is 43.9 Å². The van der Waals surface area contributed by atoms with Crippen LogP contribution in [0, 0.1) is 41.4 Å². The largest absolute Gasteiger partial charge is 0.311 e. The summed E-state index contributed by atoms with van der Waals surface area (Å²) in [6.07, 6.45) is 9.15. The lowest BCUT2D eigenvalue weighted by atomic mass is 9.30. The van der Waals surface area contributed by atoms with Gasteiger partial charge in [-0.25, -0.2) is 0 Å². The molecule has 6 aromatic carbocycles. The van der Waals surface area contributed by atoms with Gasteiger partial charge in [0.1, 0.15) is 0 Å². The van der Waals surface area contributed by atoms with Gasteiger partial charge in [0.05, 0.1) is 0 Å². The number of benzene rings is 6. The molecule has 0 amide bonds. The first kappa shape index (κ1) is 29.8. The molecule has 250 valence electrons. The van der Waals surface area contributed by atoms with E-state index < -0.39 is 0 Å². The zero-order chi connectivity index (χ0) is 33.5. The van der Waals surface area contributed by atoms with Crippen molar-refractivity contribution >= 4 is 17.1 Å². The van der Waals surface area contributed by atoms with Gasteiger partial charge >= 0.3 is 0 Å². The van der Waals surface area contributed by atoms with E-state index in [2.05, 4.69) is 163 Å². The lowest BCUT2D eigenvalue weighted by Crippen LogP contribution is -2.69. The minimum Gasteiger partial charge on any atom is -0.311 e. The Hall–Kier alpha value is -4.88. The molecule has 13 rings (SSSR count). The van der Waals surface area contributed by atoms with Crippen molar-refractivity contribution in [2.75, 3.05) is 4.90 Å². The highest BCUT2D eigenvalue weighted by atomic mass is 15.1. The van der Waals surface area contributed by atoms with Gasteiger partial charge in [0.15, 0.2) is 0 Å². The van der Waals surface area contributed by atoms with Gasteiger partial charge in [-0.1, -0.05) is 121 Å². The van der Waals surface area contributed by atoms with Crippen LogP contribution in [0.2, 0.25) is 0 Å². The smallest absolute Gasteiger partial charge is 0.0462 e. The molecule has 0 saturated heterocycles. The number of hydrogen-bond acceptors (Lipinski definition) is 1. The van der Waals surface area contributed by atoms with Crippen LogP contribution in [0.5, 0.6) is 0 Å². The molecule has 0 radical (unpaired) electrons. The average molecular weight is 660 g/mol. The fourth-order valence-electron chi connectivity index (χ4n) is 12.6. The molecule has 6 aromatic rings. The van der Waals surface area contributed by atoms with Crippen molar-refractivity contribution in [3.63, 3.8) is 0 Å². The molecule has 8 bridgehead atoms. The third-order valence-corrected chi connectivity index (χ3v) is 14.4. The Morgan fingerprint density at radius 1 is 0.353 bits per heavy atom. The summed E-state index contributed by atoms with van der Waals surface area (Å²) in [6, 6.07) is 58.5. The zero-order valence-corrected chi connectivity index (χ0v) is 29.2. The van der Waals surface area contributed by atoms with Crippen LogP contribution in [0.15, 0.2) is 158 Å². The summed E-state index contributed by atoms with van der Waals surface area (Å²) in [7, 11) is 0. The molecule has 7 saturated carbocycles. The van der Waals surface area contributed by atoms with Gasteiger partial charge in [0.2, 0.25) is 0 Å². The van der Waals surface area contributed by atoms with E-state index in [-0.39, 0.29) is 0 Å². The second-order valence-corrected chi connectivity index (χ2v) is 16.6. The topological polar surface area (TPSA) is 3.24 Å². The summed E-state index contributed by atoms with van der Waals surface area (Å²) < 4.78 is 0. The van der Waals surface area contributed by atoms with Crippen LogP contribution >= 0.6 is 0 Å². The van der Waals surface area contributed by atoms with Crippen molar-refractivity contribution in [2.24, 2.45) is 41.4 Å². The Labute approximate surface area is 303 Å². The first-order valence-corrected chi connectivity index (χ1v) is 19.5. The Balaban J connectivity index is 0.910. The fraction of sp³-hybridized carbons (Fsp3) is 0.280. The number of hydrogen-bond donors (Lipinski definition) is 0. The maximum absolute atomic E-state index is 2.56. The molecule has 1 heteroatoms. The van der Waals surface area contributed by atoms with E-state index in [0.29, 0.717) is 5.41 Å². The highest BCUT2D eigenvalue weighted by molar-refractivity contribution is 5.81. The van der Waals surface area contributed by atoms with Crippen molar-refractivity contribution in [1.29, 1.82) is 0 Å². The predicted molar refractivity (Wildman–Crippen MR) is 211 cm³/mol. The van der Waals surface area contributed by atoms with Crippen molar-refractivity contribution < 1.29 is 0 Å². The van der Waals surface area contributed by atoms with Crippen LogP contribution < -0.4 is 4.90 Å². The summed E-state index contributed by atoms with van der Waals surface area (Å²) in [5, 5.41) is 0. The van der Waals surface area contributed by atoms with Crippen LogP contribution in [0.25, 0.3) is 33.4 Å². The highest BCUT2D eigenvalue weighted by Crippen LogP contribution is 2.76. The summed E-state index contributed by atoms with van der Waals surface area (Å²) in [5.74, 6) is 7.03. The Morgan fingerprint density at radius 2 is 0.725 bits per heavy atom. The Kier molecular flexibility index (Phi) is 6.76. The summed E-state index contributed by atoms with van der Waals surface area (Å²) in [4.78, 5) is 2.38. The molecule has 7 aliphatic carbocycles. The molecule has 4 unspecified atom stereocenters. The first-order valence-electron chi connectivity index (χ1n) is 19.5. The van der Waals surface area contributed by atoms with Crippen molar-refractivity contribution in [1.82, 2.24) is 0 Å². The molecule has 0 aromatic heterocycles.